The Labute approximate surface area is 99.3 Å². The summed E-state index contributed by atoms with van der Waals surface area (Å²) in [6, 6.07) is 7.00. The highest BCUT2D eigenvalue weighted by molar-refractivity contribution is 9.09. The van der Waals surface area contributed by atoms with Crippen molar-refractivity contribution in [1.29, 1.82) is 0 Å². The lowest BCUT2D eigenvalue weighted by Gasteiger charge is -2.17. The molecule has 0 unspecified atom stereocenters. The molecule has 0 atom stereocenters. The molecule has 84 valence electrons. The minimum atomic E-state index is -3.33. The topological polar surface area (TPSA) is 37.4 Å². The Kier molecular flexibility index (Phi) is 4.31. The van der Waals surface area contributed by atoms with Gasteiger partial charge in [0.1, 0.15) is 0 Å². The fourth-order valence-corrected chi connectivity index (χ4v) is 3.41. The van der Waals surface area contributed by atoms with Gasteiger partial charge < -0.3 is 0 Å². The van der Waals surface area contributed by atoms with Gasteiger partial charge in [0.15, 0.2) is 0 Å². The summed E-state index contributed by atoms with van der Waals surface area (Å²) in [6.45, 7) is 2.27. The maximum absolute atomic E-state index is 12.0. The largest absolute Gasteiger partial charge is 0.243 e. The number of nitrogens with zero attached hydrogens (tertiary/aromatic N) is 1. The van der Waals surface area contributed by atoms with Crippen LogP contribution in [-0.4, -0.2) is 31.6 Å². The minimum Gasteiger partial charge on any atom is -0.207 e. The molecule has 1 rings (SSSR count). The highest BCUT2D eigenvalue weighted by Crippen LogP contribution is 2.18. The molecular weight excluding hydrogens is 278 g/mol. The van der Waals surface area contributed by atoms with Gasteiger partial charge in [-0.3, -0.25) is 0 Å². The molecule has 0 radical (unpaired) electrons. The Hall–Kier alpha value is -0.390. The van der Waals surface area contributed by atoms with Gasteiger partial charge in [0, 0.05) is 18.9 Å². The Balaban J connectivity index is 3.12. The van der Waals surface area contributed by atoms with E-state index in [1.807, 2.05) is 6.07 Å². The van der Waals surface area contributed by atoms with Gasteiger partial charge in [0.25, 0.3) is 0 Å². The van der Waals surface area contributed by atoms with Crippen molar-refractivity contribution in [3.8, 4) is 0 Å². The first-order chi connectivity index (χ1) is 7.00. The third-order valence-electron chi connectivity index (χ3n) is 2.18. The van der Waals surface area contributed by atoms with Crippen LogP contribution in [0, 0.1) is 6.92 Å². The second-order valence-corrected chi connectivity index (χ2v) is 6.09. The number of hydrogen-bond donors (Lipinski definition) is 0. The molecule has 5 heteroatoms. The summed E-state index contributed by atoms with van der Waals surface area (Å²) in [5.41, 5.74) is 0.777. The fourth-order valence-electron chi connectivity index (χ4n) is 1.25. The van der Waals surface area contributed by atoms with Crippen molar-refractivity contribution in [2.45, 2.75) is 11.8 Å². The second kappa shape index (κ2) is 5.09. The van der Waals surface area contributed by atoms with Crippen molar-refractivity contribution in [2.75, 3.05) is 18.9 Å². The summed E-state index contributed by atoms with van der Waals surface area (Å²) in [5.74, 6) is 0. The number of aryl methyl sites for hydroxylation is 1. The molecule has 0 bridgehead atoms. The molecule has 0 aliphatic heterocycles. The van der Waals surface area contributed by atoms with Crippen LogP contribution in [0.5, 0.6) is 0 Å². The van der Waals surface area contributed by atoms with E-state index in [-0.39, 0.29) is 0 Å². The smallest absolute Gasteiger partial charge is 0.207 e. The molecule has 0 fully saturated rings. The molecule has 0 heterocycles. The summed E-state index contributed by atoms with van der Waals surface area (Å²) in [4.78, 5) is 0.383. The van der Waals surface area contributed by atoms with E-state index in [9.17, 15) is 8.42 Å². The van der Waals surface area contributed by atoms with E-state index >= 15 is 0 Å². The first kappa shape index (κ1) is 12.7. The van der Waals surface area contributed by atoms with Crippen molar-refractivity contribution in [3.63, 3.8) is 0 Å². The third-order valence-corrected chi connectivity index (χ3v) is 4.55. The summed E-state index contributed by atoms with van der Waals surface area (Å²) in [6.07, 6.45) is 0. The molecular formula is C10H14BrNO2S. The molecule has 0 saturated heterocycles. The van der Waals surface area contributed by atoms with Crippen LogP contribution >= 0.6 is 15.9 Å². The number of sulfonamides is 1. The number of hydrogen-bond acceptors (Lipinski definition) is 2. The molecule has 0 aliphatic carbocycles. The molecule has 0 amide bonds. The first-order valence-corrected chi connectivity index (χ1v) is 7.14. The van der Waals surface area contributed by atoms with Gasteiger partial charge in [-0.2, -0.15) is 0 Å². The van der Waals surface area contributed by atoms with E-state index in [2.05, 4.69) is 15.9 Å². The SMILES string of the molecule is Cc1ccccc1S(=O)(=O)N(C)CCBr. The van der Waals surface area contributed by atoms with Gasteiger partial charge in [-0.15, -0.1) is 0 Å². The zero-order valence-electron chi connectivity index (χ0n) is 8.77. The van der Waals surface area contributed by atoms with Crippen molar-refractivity contribution < 1.29 is 8.42 Å². The second-order valence-electron chi connectivity index (χ2n) is 3.28. The van der Waals surface area contributed by atoms with Crippen LogP contribution < -0.4 is 0 Å². The molecule has 1 aromatic carbocycles. The van der Waals surface area contributed by atoms with Crippen LogP contribution in [0.1, 0.15) is 5.56 Å². The average molecular weight is 292 g/mol. The predicted molar refractivity (Wildman–Crippen MR) is 64.8 cm³/mol. The number of alkyl halides is 1. The van der Waals surface area contributed by atoms with Crippen molar-refractivity contribution >= 4 is 26.0 Å². The Morgan fingerprint density at radius 1 is 1.33 bits per heavy atom. The van der Waals surface area contributed by atoms with E-state index in [4.69, 9.17) is 0 Å². The van der Waals surface area contributed by atoms with Crippen LogP contribution in [0.25, 0.3) is 0 Å². The van der Waals surface area contributed by atoms with E-state index in [0.717, 1.165) is 5.56 Å². The zero-order chi connectivity index (χ0) is 11.5. The lowest BCUT2D eigenvalue weighted by atomic mass is 10.2. The molecule has 0 aliphatic rings. The van der Waals surface area contributed by atoms with E-state index < -0.39 is 10.0 Å². The Morgan fingerprint density at radius 2 is 1.93 bits per heavy atom. The standard InChI is InChI=1S/C10H14BrNO2S/c1-9-5-3-4-6-10(9)15(13,14)12(2)8-7-11/h3-6H,7-8H2,1-2H3. The fraction of sp³-hybridized carbons (Fsp3) is 0.400. The molecule has 0 saturated carbocycles. The lowest BCUT2D eigenvalue weighted by molar-refractivity contribution is 0.489. The van der Waals surface area contributed by atoms with Crippen molar-refractivity contribution in [3.05, 3.63) is 29.8 Å². The summed E-state index contributed by atoms with van der Waals surface area (Å²) in [5, 5.41) is 0.634. The number of rotatable bonds is 4. The molecule has 1 aromatic rings. The summed E-state index contributed by atoms with van der Waals surface area (Å²) in [7, 11) is -1.74. The highest BCUT2D eigenvalue weighted by Gasteiger charge is 2.21. The third kappa shape index (κ3) is 2.80. The Bertz CT molecular complexity index is 431. The normalized spacial score (nSPS) is 12.0. The first-order valence-electron chi connectivity index (χ1n) is 4.58. The van der Waals surface area contributed by atoms with Gasteiger partial charge in [0.05, 0.1) is 4.90 Å². The lowest BCUT2D eigenvalue weighted by Crippen LogP contribution is -2.29. The predicted octanol–water partition coefficient (Wildman–Crippen LogP) is 2.01. The summed E-state index contributed by atoms with van der Waals surface area (Å²) >= 11 is 3.23. The van der Waals surface area contributed by atoms with Crippen LogP contribution in [-0.2, 0) is 10.0 Å². The van der Waals surface area contributed by atoms with Gasteiger partial charge in [0.2, 0.25) is 10.0 Å². The van der Waals surface area contributed by atoms with Gasteiger partial charge in [-0.25, -0.2) is 12.7 Å². The molecule has 0 aromatic heterocycles. The number of halogens is 1. The van der Waals surface area contributed by atoms with Gasteiger partial charge in [-0.1, -0.05) is 34.1 Å². The minimum absolute atomic E-state index is 0.383. The maximum Gasteiger partial charge on any atom is 0.243 e. The van der Waals surface area contributed by atoms with E-state index in [1.165, 1.54) is 4.31 Å². The van der Waals surface area contributed by atoms with Crippen LogP contribution in [0.4, 0.5) is 0 Å². The van der Waals surface area contributed by atoms with Crippen LogP contribution in [0.3, 0.4) is 0 Å². The number of benzene rings is 1. The van der Waals surface area contributed by atoms with E-state index in [1.54, 1.807) is 32.2 Å². The van der Waals surface area contributed by atoms with Crippen LogP contribution in [0.15, 0.2) is 29.2 Å². The summed E-state index contributed by atoms with van der Waals surface area (Å²) < 4.78 is 25.4. The maximum atomic E-state index is 12.0. The highest BCUT2D eigenvalue weighted by atomic mass is 79.9. The average Bonchev–Trinajstić information content (AvgIpc) is 2.18. The zero-order valence-corrected chi connectivity index (χ0v) is 11.2. The van der Waals surface area contributed by atoms with E-state index in [0.29, 0.717) is 16.8 Å². The van der Waals surface area contributed by atoms with Gasteiger partial charge in [-0.05, 0) is 18.6 Å². The molecule has 15 heavy (non-hydrogen) atoms. The monoisotopic (exact) mass is 291 g/mol. The van der Waals surface area contributed by atoms with Crippen molar-refractivity contribution in [1.82, 2.24) is 4.31 Å². The quantitative estimate of drug-likeness (QED) is 0.796. The van der Waals surface area contributed by atoms with Gasteiger partial charge >= 0.3 is 0 Å². The van der Waals surface area contributed by atoms with Crippen LogP contribution in [0.2, 0.25) is 0 Å². The molecule has 3 nitrogen and oxygen atoms in total. The van der Waals surface area contributed by atoms with Crippen molar-refractivity contribution in [2.24, 2.45) is 0 Å². The molecule has 0 N–H and O–H groups in total. The Morgan fingerprint density at radius 3 is 2.47 bits per heavy atom. The molecule has 0 spiro atoms.